The van der Waals surface area contributed by atoms with Gasteiger partial charge in [-0.05, 0) is 48.0 Å². The van der Waals surface area contributed by atoms with Gasteiger partial charge in [0.1, 0.15) is 5.75 Å². The predicted octanol–water partition coefficient (Wildman–Crippen LogP) is 4.32. The maximum Gasteiger partial charge on any atom is 0.356 e. The summed E-state index contributed by atoms with van der Waals surface area (Å²) in [4.78, 5) is 28.5. The van der Waals surface area contributed by atoms with Crippen LogP contribution in [0.3, 0.4) is 0 Å². The minimum absolute atomic E-state index is 0.123. The fraction of sp³-hybridized carbons (Fsp3) is 0.174. The van der Waals surface area contributed by atoms with Gasteiger partial charge in [-0.25, -0.2) is 0 Å². The number of hydrogen-bond donors (Lipinski definition) is 3. The summed E-state index contributed by atoms with van der Waals surface area (Å²) in [7, 11) is -4.38. The Morgan fingerprint density at radius 1 is 1.06 bits per heavy atom. The number of hydrogen-bond acceptors (Lipinski definition) is 5. The number of fused-ring (bicyclic) bond motifs is 1. The second-order valence-electron chi connectivity index (χ2n) is 7.68. The molecule has 0 bridgehead atoms. The number of rotatable bonds is 5. The average molecular weight is 486 g/mol. The van der Waals surface area contributed by atoms with E-state index in [1.165, 1.54) is 18.2 Å². The molecule has 0 atom stereocenters. The van der Waals surface area contributed by atoms with Gasteiger partial charge in [-0.1, -0.05) is 29.8 Å². The summed E-state index contributed by atoms with van der Waals surface area (Å²) >= 11 is 6.56. The first kappa shape index (κ1) is 21.9. The number of nitrogens with one attached hydrogen (secondary N) is 1. The maximum atomic E-state index is 11.5. The molecule has 1 aliphatic heterocycles. The van der Waals surface area contributed by atoms with Crippen LogP contribution in [0.15, 0.2) is 60.7 Å². The minimum Gasteiger partial charge on any atom is -0.426 e. The Morgan fingerprint density at radius 3 is 2.55 bits per heavy atom. The van der Waals surface area contributed by atoms with Crippen LogP contribution in [0, 0.1) is 0 Å². The zero-order chi connectivity index (χ0) is 23.0. The molecule has 33 heavy (non-hydrogen) atoms. The number of H-pyrrole nitrogens is 1. The zero-order valence-electron chi connectivity index (χ0n) is 17.4. The quantitative estimate of drug-likeness (QED) is 0.361. The summed E-state index contributed by atoms with van der Waals surface area (Å²) in [6, 6.07) is 17.9. The van der Waals surface area contributed by atoms with Crippen molar-refractivity contribution >= 4 is 41.2 Å². The van der Waals surface area contributed by atoms with E-state index in [1.807, 2.05) is 18.2 Å². The molecular formula is C23H21ClN3O5P. The third-order valence-electron chi connectivity index (χ3n) is 5.47. The number of anilines is 1. The Bertz CT molecular complexity index is 1350. The molecule has 0 amide bonds. The molecule has 1 aromatic heterocycles. The van der Waals surface area contributed by atoms with E-state index in [0.717, 1.165) is 43.1 Å². The zero-order valence-corrected chi connectivity index (χ0v) is 19.1. The summed E-state index contributed by atoms with van der Waals surface area (Å²) in [5.74, 6) is 0.264. The molecule has 5 rings (SSSR count). The molecule has 1 aliphatic rings. The highest BCUT2D eigenvalue weighted by Gasteiger charge is 2.18. The molecule has 170 valence electrons. The predicted molar refractivity (Wildman–Crippen MR) is 128 cm³/mol. The van der Waals surface area contributed by atoms with Crippen LogP contribution in [0.1, 0.15) is 0 Å². The first-order chi connectivity index (χ1) is 15.9. The molecule has 10 heteroatoms. The smallest absolute Gasteiger partial charge is 0.356 e. The number of aromatic amines is 1. The molecule has 8 nitrogen and oxygen atoms in total. The first-order valence-electron chi connectivity index (χ1n) is 10.3. The van der Waals surface area contributed by atoms with Crippen LogP contribution in [-0.4, -0.2) is 46.1 Å². The number of halogens is 1. The third kappa shape index (κ3) is 4.76. The lowest BCUT2D eigenvalue weighted by Gasteiger charge is -2.29. The minimum atomic E-state index is -4.38. The van der Waals surface area contributed by atoms with E-state index in [9.17, 15) is 14.4 Å². The van der Waals surface area contributed by atoms with E-state index < -0.39 is 7.60 Å². The molecular weight excluding hydrogens is 465 g/mol. The fourth-order valence-corrected chi connectivity index (χ4v) is 4.64. The van der Waals surface area contributed by atoms with E-state index in [2.05, 4.69) is 27.0 Å². The lowest BCUT2D eigenvalue weighted by molar-refractivity contribution is 0.122. The van der Waals surface area contributed by atoms with Crippen LogP contribution in [-0.2, 0) is 9.30 Å². The van der Waals surface area contributed by atoms with Crippen molar-refractivity contribution in [2.45, 2.75) is 0 Å². The number of imidazole rings is 1. The van der Waals surface area contributed by atoms with Gasteiger partial charge in [0, 0.05) is 24.3 Å². The van der Waals surface area contributed by atoms with Crippen molar-refractivity contribution in [1.82, 2.24) is 9.97 Å². The highest BCUT2D eigenvalue weighted by Crippen LogP contribution is 2.36. The molecule has 1 fully saturated rings. The van der Waals surface area contributed by atoms with Crippen LogP contribution in [0.4, 0.5) is 5.69 Å². The Morgan fingerprint density at radius 2 is 1.82 bits per heavy atom. The number of nitrogens with zero attached hydrogens (tertiary/aromatic N) is 2. The van der Waals surface area contributed by atoms with Gasteiger partial charge in [0.25, 0.3) is 6.01 Å². The van der Waals surface area contributed by atoms with E-state index in [-0.39, 0.29) is 17.1 Å². The SMILES string of the molecule is O=P(O)(O)c1cccc(Oc2nc3cc(-c4ccc(N5CCOCC5)cc4)c(Cl)cc3[nH]2)c1. The molecule has 3 N–H and O–H groups in total. The van der Waals surface area contributed by atoms with Gasteiger partial charge < -0.3 is 29.1 Å². The van der Waals surface area contributed by atoms with Crippen molar-refractivity contribution in [1.29, 1.82) is 0 Å². The lowest BCUT2D eigenvalue weighted by Crippen LogP contribution is -2.36. The van der Waals surface area contributed by atoms with Crippen molar-refractivity contribution in [3.05, 3.63) is 65.7 Å². The van der Waals surface area contributed by atoms with Crippen LogP contribution in [0.25, 0.3) is 22.2 Å². The molecule has 4 aromatic rings. The van der Waals surface area contributed by atoms with E-state index in [4.69, 9.17) is 21.1 Å². The van der Waals surface area contributed by atoms with Gasteiger partial charge in [-0.3, -0.25) is 4.57 Å². The van der Waals surface area contributed by atoms with Gasteiger partial charge in [-0.15, -0.1) is 0 Å². The van der Waals surface area contributed by atoms with Crippen molar-refractivity contribution in [2.24, 2.45) is 0 Å². The maximum absolute atomic E-state index is 11.5. The van der Waals surface area contributed by atoms with E-state index in [1.54, 1.807) is 12.1 Å². The molecule has 0 unspecified atom stereocenters. The normalized spacial score (nSPS) is 14.6. The van der Waals surface area contributed by atoms with Crippen molar-refractivity contribution < 1.29 is 23.8 Å². The van der Waals surface area contributed by atoms with Crippen LogP contribution < -0.4 is 14.9 Å². The largest absolute Gasteiger partial charge is 0.426 e. The Labute approximate surface area is 194 Å². The Kier molecular flexibility index (Phi) is 5.86. The van der Waals surface area contributed by atoms with E-state index in [0.29, 0.717) is 16.1 Å². The summed E-state index contributed by atoms with van der Waals surface area (Å²) < 4.78 is 22.6. The summed E-state index contributed by atoms with van der Waals surface area (Å²) in [5.41, 5.74) is 4.31. The molecule has 0 spiro atoms. The monoisotopic (exact) mass is 485 g/mol. The van der Waals surface area contributed by atoms with E-state index >= 15 is 0 Å². The number of morpholine rings is 1. The summed E-state index contributed by atoms with van der Waals surface area (Å²) in [6.45, 7) is 3.22. The molecule has 0 saturated carbocycles. The Hall–Kier alpha value is -2.87. The van der Waals surface area contributed by atoms with Crippen molar-refractivity contribution in [3.8, 4) is 22.9 Å². The number of ether oxygens (including phenoxy) is 2. The van der Waals surface area contributed by atoms with Crippen molar-refractivity contribution in [3.63, 3.8) is 0 Å². The van der Waals surface area contributed by atoms with Gasteiger partial charge in [-0.2, -0.15) is 4.98 Å². The highest BCUT2D eigenvalue weighted by molar-refractivity contribution is 7.60. The molecule has 3 aromatic carbocycles. The van der Waals surface area contributed by atoms with Gasteiger partial charge in [0.15, 0.2) is 0 Å². The first-order valence-corrected chi connectivity index (χ1v) is 12.3. The van der Waals surface area contributed by atoms with Gasteiger partial charge in [0.2, 0.25) is 0 Å². The number of benzene rings is 3. The second kappa shape index (κ2) is 8.82. The fourth-order valence-electron chi connectivity index (χ4n) is 3.79. The standard InChI is InChI=1S/C23H21ClN3O5P/c24-20-14-22-21(25-23(26-22)32-17-2-1-3-18(12-17)33(28,29)30)13-19(20)15-4-6-16(7-5-15)27-8-10-31-11-9-27/h1-7,12-14H,8-11H2,(H,25,26)(H2,28,29,30). The van der Waals surface area contributed by atoms with Gasteiger partial charge in [0.05, 0.1) is 34.6 Å². The lowest BCUT2D eigenvalue weighted by atomic mass is 10.0. The summed E-state index contributed by atoms with van der Waals surface area (Å²) in [5, 5.41) is 0.447. The van der Waals surface area contributed by atoms with Crippen LogP contribution in [0.2, 0.25) is 5.02 Å². The second-order valence-corrected chi connectivity index (χ2v) is 9.69. The summed E-state index contributed by atoms with van der Waals surface area (Å²) in [6.07, 6.45) is 0. The van der Waals surface area contributed by atoms with Gasteiger partial charge >= 0.3 is 7.60 Å². The molecule has 1 saturated heterocycles. The van der Waals surface area contributed by atoms with Crippen LogP contribution in [0.5, 0.6) is 11.8 Å². The molecule has 0 aliphatic carbocycles. The van der Waals surface area contributed by atoms with Crippen molar-refractivity contribution in [2.75, 3.05) is 31.2 Å². The van der Waals surface area contributed by atoms with Crippen LogP contribution >= 0.6 is 19.2 Å². The third-order valence-corrected chi connectivity index (χ3v) is 6.74. The topological polar surface area (TPSA) is 108 Å². The molecule has 2 heterocycles. The highest BCUT2D eigenvalue weighted by atomic mass is 35.5. The average Bonchev–Trinajstić information content (AvgIpc) is 3.20. The number of aromatic nitrogens is 2. The Balaban J connectivity index is 1.41. The molecule has 0 radical (unpaired) electrons.